The zero-order valence-corrected chi connectivity index (χ0v) is 16.1. The van der Waals surface area contributed by atoms with E-state index in [9.17, 15) is 0 Å². The van der Waals surface area contributed by atoms with Gasteiger partial charge in [0.05, 0.1) is 0 Å². The van der Waals surface area contributed by atoms with E-state index in [1.807, 2.05) is 0 Å². The molecule has 0 bridgehead atoms. The molecule has 0 amide bonds. The molecule has 2 aromatic carbocycles. The first kappa shape index (κ1) is 16.1. The summed E-state index contributed by atoms with van der Waals surface area (Å²) in [7, 11) is 0. The molecule has 0 N–H and O–H groups in total. The van der Waals surface area contributed by atoms with Crippen molar-refractivity contribution in [2.75, 3.05) is 0 Å². The van der Waals surface area contributed by atoms with E-state index in [1.165, 1.54) is 62.5 Å². The maximum Gasteiger partial charge on any atom is -0.0190 e. The van der Waals surface area contributed by atoms with Gasteiger partial charge in [0.25, 0.3) is 0 Å². The summed E-state index contributed by atoms with van der Waals surface area (Å²) < 4.78 is 0. The third-order valence-corrected chi connectivity index (χ3v) is 6.78. The van der Waals surface area contributed by atoms with Gasteiger partial charge in [0, 0.05) is 0 Å². The van der Waals surface area contributed by atoms with Crippen LogP contribution in [0, 0.1) is 13.8 Å². The molecule has 0 unspecified atom stereocenters. The summed E-state index contributed by atoms with van der Waals surface area (Å²) in [5.74, 6) is 0. The fourth-order valence-corrected chi connectivity index (χ4v) is 5.36. The van der Waals surface area contributed by atoms with Crippen LogP contribution in [0.4, 0.5) is 0 Å². The van der Waals surface area contributed by atoms with Crippen molar-refractivity contribution in [3.63, 3.8) is 0 Å². The van der Waals surface area contributed by atoms with Crippen molar-refractivity contribution >= 4 is 11.1 Å². The number of hydrogen-bond donors (Lipinski definition) is 0. The summed E-state index contributed by atoms with van der Waals surface area (Å²) in [5.41, 5.74) is 16.0. The largest absolute Gasteiger partial charge is 0.0657 e. The van der Waals surface area contributed by atoms with Crippen molar-refractivity contribution in [1.82, 2.24) is 0 Å². The van der Waals surface area contributed by atoms with Crippen LogP contribution in [0.25, 0.3) is 11.1 Å². The van der Waals surface area contributed by atoms with Gasteiger partial charge in [0.2, 0.25) is 0 Å². The second-order valence-electron chi connectivity index (χ2n) is 8.49. The third-order valence-electron chi connectivity index (χ3n) is 6.78. The van der Waals surface area contributed by atoms with Crippen LogP contribution in [0.1, 0.15) is 71.9 Å². The predicted octanol–water partition coefficient (Wildman–Crippen LogP) is 6.98. The molecule has 0 spiro atoms. The molecule has 132 valence electrons. The summed E-state index contributed by atoms with van der Waals surface area (Å²) in [6, 6.07) is 14.2. The molecule has 0 heterocycles. The maximum absolute atomic E-state index is 2.44. The second-order valence-corrected chi connectivity index (χ2v) is 8.49. The van der Waals surface area contributed by atoms with Gasteiger partial charge < -0.3 is 0 Å². The Hall–Kier alpha value is -2.08. The third kappa shape index (κ3) is 2.67. The summed E-state index contributed by atoms with van der Waals surface area (Å²) in [5, 5.41) is 0. The van der Waals surface area contributed by atoms with Crippen LogP contribution in [0.5, 0.6) is 0 Å². The van der Waals surface area contributed by atoms with Gasteiger partial charge in [-0.15, -0.1) is 0 Å². The van der Waals surface area contributed by atoms with Crippen molar-refractivity contribution in [2.45, 2.75) is 65.2 Å². The molecule has 26 heavy (non-hydrogen) atoms. The summed E-state index contributed by atoms with van der Waals surface area (Å²) in [6.07, 6.45) is 10.0. The average Bonchev–Trinajstić information content (AvgIpc) is 2.62. The van der Waals surface area contributed by atoms with E-state index in [4.69, 9.17) is 0 Å². The number of aryl methyl sites for hydroxylation is 4. The summed E-state index contributed by atoms with van der Waals surface area (Å²) in [4.78, 5) is 0. The lowest BCUT2D eigenvalue weighted by Crippen LogP contribution is -2.12. The normalized spacial score (nSPS) is 19.2. The number of hydrogen-bond acceptors (Lipinski definition) is 0. The Morgan fingerprint density at radius 1 is 0.500 bits per heavy atom. The van der Waals surface area contributed by atoms with Gasteiger partial charge in [-0.25, -0.2) is 0 Å². The van der Waals surface area contributed by atoms with E-state index in [-0.39, 0.29) is 0 Å². The zero-order chi connectivity index (χ0) is 17.7. The van der Waals surface area contributed by atoms with Gasteiger partial charge in [-0.1, -0.05) is 58.7 Å². The van der Waals surface area contributed by atoms with Crippen LogP contribution in [-0.4, -0.2) is 0 Å². The molecule has 0 aliphatic heterocycles. The molecule has 0 fully saturated rings. The fraction of sp³-hybridized carbons (Fsp3) is 0.385. The molecule has 3 aliphatic carbocycles. The lowest BCUT2D eigenvalue weighted by atomic mass is 9.74. The van der Waals surface area contributed by atoms with Crippen molar-refractivity contribution in [2.24, 2.45) is 0 Å². The quantitative estimate of drug-likeness (QED) is 0.485. The molecule has 0 nitrogen and oxygen atoms in total. The molecule has 0 heteroatoms. The Morgan fingerprint density at radius 2 is 0.923 bits per heavy atom. The lowest BCUT2D eigenvalue weighted by Gasteiger charge is -2.31. The van der Waals surface area contributed by atoms with E-state index in [1.54, 1.807) is 44.5 Å². The van der Waals surface area contributed by atoms with E-state index in [0.717, 1.165) is 0 Å². The Morgan fingerprint density at radius 3 is 1.38 bits per heavy atom. The number of benzene rings is 2. The molecular formula is C26H28. The topological polar surface area (TPSA) is 0 Å². The van der Waals surface area contributed by atoms with Gasteiger partial charge in [-0.3, -0.25) is 0 Å². The highest BCUT2D eigenvalue weighted by Gasteiger charge is 2.25. The molecule has 5 rings (SSSR count). The number of fused-ring (bicyclic) bond motifs is 4. The first-order valence-electron chi connectivity index (χ1n) is 10.3. The molecule has 0 saturated carbocycles. The van der Waals surface area contributed by atoms with Crippen molar-refractivity contribution in [3.05, 3.63) is 80.9 Å². The highest BCUT2D eigenvalue weighted by atomic mass is 14.3. The first-order chi connectivity index (χ1) is 12.7. The van der Waals surface area contributed by atoms with E-state index in [2.05, 4.69) is 50.2 Å². The molecule has 3 aliphatic rings. The Kier molecular flexibility index (Phi) is 3.89. The first-order valence-corrected chi connectivity index (χ1v) is 10.3. The number of allylic oxidation sites excluding steroid dienone is 4. The molecule has 0 radical (unpaired) electrons. The Bertz CT molecular complexity index is 872. The van der Waals surface area contributed by atoms with Crippen LogP contribution in [0.2, 0.25) is 0 Å². The highest BCUT2D eigenvalue weighted by molar-refractivity contribution is 5.78. The monoisotopic (exact) mass is 340 g/mol. The minimum absolute atomic E-state index is 1.23. The molecular weight excluding hydrogens is 312 g/mol. The highest BCUT2D eigenvalue weighted by Crippen LogP contribution is 2.44. The van der Waals surface area contributed by atoms with Crippen LogP contribution >= 0.6 is 0 Å². The summed E-state index contributed by atoms with van der Waals surface area (Å²) in [6.45, 7) is 4.47. The molecule has 0 saturated heterocycles. The zero-order valence-electron chi connectivity index (χ0n) is 16.1. The van der Waals surface area contributed by atoms with Gasteiger partial charge >= 0.3 is 0 Å². The van der Waals surface area contributed by atoms with Crippen molar-refractivity contribution < 1.29 is 0 Å². The standard InChI is InChI=1S/C26H28/c1-17-3-5-21-9-7-19-12-14-24-20(11-13-23(19)25(21)15-17)8-10-22-6-4-18(2)16-26(22)24/h3-6,15-16H,7-14H2,1-2H3. The van der Waals surface area contributed by atoms with Gasteiger partial charge in [0.1, 0.15) is 0 Å². The minimum Gasteiger partial charge on any atom is -0.0657 e. The lowest BCUT2D eigenvalue weighted by molar-refractivity contribution is 0.769. The average molecular weight is 341 g/mol. The summed E-state index contributed by atoms with van der Waals surface area (Å²) >= 11 is 0. The van der Waals surface area contributed by atoms with Gasteiger partial charge in [0.15, 0.2) is 0 Å². The predicted molar refractivity (Wildman–Crippen MR) is 111 cm³/mol. The molecule has 2 aromatic rings. The van der Waals surface area contributed by atoms with Crippen molar-refractivity contribution in [3.8, 4) is 0 Å². The van der Waals surface area contributed by atoms with E-state index < -0.39 is 0 Å². The maximum atomic E-state index is 2.44. The van der Waals surface area contributed by atoms with Crippen LogP contribution in [0.3, 0.4) is 0 Å². The van der Waals surface area contributed by atoms with Gasteiger partial charge in [-0.05, 0) is 98.6 Å². The SMILES string of the molecule is Cc1ccc2c(c1)C1=C(CCC3=C(CC1)CCc1ccc(C)cc13)CC2. The second kappa shape index (κ2) is 6.27. The van der Waals surface area contributed by atoms with Crippen molar-refractivity contribution in [1.29, 1.82) is 0 Å². The van der Waals surface area contributed by atoms with Gasteiger partial charge in [-0.2, -0.15) is 0 Å². The fourth-order valence-electron chi connectivity index (χ4n) is 5.36. The Labute approximate surface area is 157 Å². The molecule has 0 aromatic heterocycles. The molecule has 0 atom stereocenters. The smallest absolute Gasteiger partial charge is 0.0190 e. The van der Waals surface area contributed by atoms with Crippen LogP contribution in [-0.2, 0) is 12.8 Å². The van der Waals surface area contributed by atoms with Crippen LogP contribution in [0.15, 0.2) is 47.5 Å². The Balaban J connectivity index is 1.53. The minimum atomic E-state index is 1.23. The van der Waals surface area contributed by atoms with E-state index in [0.29, 0.717) is 0 Å². The van der Waals surface area contributed by atoms with Crippen LogP contribution < -0.4 is 0 Å². The number of rotatable bonds is 0. The van der Waals surface area contributed by atoms with E-state index >= 15 is 0 Å².